The minimum absolute atomic E-state index is 0.128. The van der Waals surface area contributed by atoms with Crippen LogP contribution in [-0.4, -0.2) is 30.4 Å². The number of aromatic nitrogens is 4. The van der Waals surface area contributed by atoms with E-state index in [1.54, 1.807) is 42.9 Å². The Bertz CT molecular complexity index is 1490. The normalized spacial score (nSPS) is 11.9. The maximum Gasteiger partial charge on any atom is 0.268 e. The Morgan fingerprint density at radius 2 is 1.92 bits per heavy atom. The largest absolute Gasteiger partial charge is 0.384 e. The second-order valence-electron chi connectivity index (χ2n) is 10.4. The molecule has 0 fully saturated rings. The van der Waals surface area contributed by atoms with Crippen molar-refractivity contribution in [1.29, 1.82) is 0 Å². The molecule has 0 saturated heterocycles. The third-order valence-corrected chi connectivity index (χ3v) is 6.49. The number of aryl methyl sites for hydroxylation is 2. The van der Waals surface area contributed by atoms with Gasteiger partial charge in [0.2, 0.25) is 0 Å². The van der Waals surface area contributed by atoms with E-state index in [2.05, 4.69) is 41.0 Å². The lowest BCUT2D eigenvalue weighted by molar-refractivity contribution is 0.0738. The van der Waals surface area contributed by atoms with E-state index in [0.29, 0.717) is 17.0 Å². The van der Waals surface area contributed by atoms with Crippen molar-refractivity contribution in [2.24, 2.45) is 0 Å². The van der Waals surface area contributed by atoms with Crippen LogP contribution in [0.5, 0.6) is 0 Å². The number of carbonyl (C=O) groups excluding carboxylic acids is 1. The number of fused-ring (bicyclic) bond motifs is 1. The topological polar surface area (TPSA) is 112 Å². The Labute approximate surface area is 216 Å². The highest BCUT2D eigenvalue weighted by molar-refractivity contribution is 5.95. The van der Waals surface area contributed by atoms with Gasteiger partial charge in [0, 0.05) is 29.6 Å². The summed E-state index contributed by atoms with van der Waals surface area (Å²) in [5.74, 6) is -0.141. The van der Waals surface area contributed by atoms with Crippen LogP contribution in [-0.2, 0) is 18.6 Å². The fourth-order valence-electron chi connectivity index (χ4n) is 4.56. The van der Waals surface area contributed by atoms with Gasteiger partial charge in [-0.05, 0) is 68.5 Å². The smallest absolute Gasteiger partial charge is 0.268 e. The molecule has 0 unspecified atom stereocenters. The number of imidazole rings is 1. The van der Waals surface area contributed by atoms with E-state index in [4.69, 9.17) is 0 Å². The van der Waals surface area contributed by atoms with Gasteiger partial charge in [-0.25, -0.2) is 4.98 Å². The van der Waals surface area contributed by atoms with E-state index >= 15 is 0 Å². The van der Waals surface area contributed by atoms with Crippen LogP contribution >= 0.6 is 0 Å². The molecular formula is C29H35N5O3. The zero-order valence-electron chi connectivity index (χ0n) is 22.3. The second kappa shape index (κ2) is 10.3. The van der Waals surface area contributed by atoms with E-state index < -0.39 is 5.60 Å². The number of aromatic amines is 1. The highest BCUT2D eigenvalue weighted by atomic mass is 16.3. The number of amides is 1. The fourth-order valence-corrected chi connectivity index (χ4v) is 4.56. The quantitative estimate of drug-likeness (QED) is 0.326. The molecule has 1 amide bonds. The molecule has 4 aromatic rings. The Morgan fingerprint density at radius 1 is 1.16 bits per heavy atom. The van der Waals surface area contributed by atoms with Crippen molar-refractivity contribution < 1.29 is 9.90 Å². The van der Waals surface area contributed by atoms with Gasteiger partial charge in [0.05, 0.1) is 16.9 Å². The number of hydrogen-bond acceptors (Lipinski definition) is 5. The summed E-state index contributed by atoms with van der Waals surface area (Å²) < 4.78 is 1.79. The van der Waals surface area contributed by atoms with Gasteiger partial charge in [0.1, 0.15) is 17.6 Å². The molecule has 0 spiro atoms. The fraction of sp³-hybridized carbons (Fsp3) is 0.379. The van der Waals surface area contributed by atoms with Crippen molar-refractivity contribution >= 4 is 11.4 Å². The molecule has 4 rings (SSSR count). The Balaban J connectivity index is 1.74. The maximum absolute atomic E-state index is 13.5. The molecule has 3 N–H and O–H groups in total. The van der Waals surface area contributed by atoms with Crippen LogP contribution in [0.25, 0.3) is 16.6 Å². The second-order valence-corrected chi connectivity index (χ2v) is 10.4. The van der Waals surface area contributed by atoms with Crippen LogP contribution in [0.2, 0.25) is 0 Å². The first-order valence-electron chi connectivity index (χ1n) is 12.7. The van der Waals surface area contributed by atoms with Crippen LogP contribution < -0.4 is 10.9 Å². The van der Waals surface area contributed by atoms with Crippen LogP contribution in [0, 0.1) is 6.92 Å². The predicted octanol–water partition coefficient (Wildman–Crippen LogP) is 4.63. The molecule has 0 atom stereocenters. The van der Waals surface area contributed by atoms with Gasteiger partial charge >= 0.3 is 0 Å². The van der Waals surface area contributed by atoms with E-state index in [9.17, 15) is 14.7 Å². The van der Waals surface area contributed by atoms with E-state index in [1.165, 1.54) is 0 Å². The lowest BCUT2D eigenvalue weighted by Crippen LogP contribution is -2.29. The number of aliphatic hydroxyl groups is 1. The summed E-state index contributed by atoms with van der Waals surface area (Å²) in [6.45, 7) is 11.6. The first-order chi connectivity index (χ1) is 17.5. The van der Waals surface area contributed by atoms with Gasteiger partial charge in [-0.2, -0.15) is 0 Å². The minimum Gasteiger partial charge on any atom is -0.384 e. The maximum atomic E-state index is 13.5. The summed E-state index contributed by atoms with van der Waals surface area (Å²) in [6, 6.07) is 9.46. The Hall–Kier alpha value is -3.78. The number of hydrogen-bond donors (Lipinski definition) is 3. The molecule has 0 radical (unpaired) electrons. The van der Waals surface area contributed by atoms with E-state index in [1.807, 2.05) is 25.1 Å². The molecular weight excluding hydrogens is 466 g/mol. The van der Waals surface area contributed by atoms with Gasteiger partial charge < -0.3 is 15.4 Å². The molecule has 4 aromatic heterocycles. The van der Waals surface area contributed by atoms with Gasteiger partial charge in [-0.15, -0.1) is 0 Å². The highest BCUT2D eigenvalue weighted by Crippen LogP contribution is 2.28. The number of H-pyrrole nitrogens is 1. The lowest BCUT2D eigenvalue weighted by atomic mass is 10.0. The third-order valence-electron chi connectivity index (χ3n) is 6.49. The summed E-state index contributed by atoms with van der Waals surface area (Å²) in [6.07, 6.45) is 5.04. The zero-order chi connectivity index (χ0) is 26.9. The number of rotatable bonds is 8. The van der Waals surface area contributed by atoms with Gasteiger partial charge in [-0.3, -0.25) is 19.0 Å². The molecule has 8 heteroatoms. The minimum atomic E-state index is -1.05. The first kappa shape index (κ1) is 26.3. The van der Waals surface area contributed by atoms with Crippen molar-refractivity contribution in [2.45, 2.75) is 72.4 Å². The first-order valence-corrected chi connectivity index (χ1v) is 12.7. The van der Waals surface area contributed by atoms with Crippen molar-refractivity contribution in [1.82, 2.24) is 24.7 Å². The molecule has 37 heavy (non-hydrogen) atoms. The van der Waals surface area contributed by atoms with Crippen molar-refractivity contribution in [3.8, 4) is 11.1 Å². The van der Waals surface area contributed by atoms with Crippen molar-refractivity contribution in [3.63, 3.8) is 0 Å². The average molecular weight is 502 g/mol. The van der Waals surface area contributed by atoms with Crippen LogP contribution in [0.4, 0.5) is 0 Å². The summed E-state index contributed by atoms with van der Waals surface area (Å²) in [7, 11) is 0. The molecule has 0 aromatic carbocycles. The molecule has 0 aliphatic heterocycles. The van der Waals surface area contributed by atoms with Crippen LogP contribution in [0.15, 0.2) is 47.7 Å². The predicted molar refractivity (Wildman–Crippen MR) is 145 cm³/mol. The molecule has 8 nitrogen and oxygen atoms in total. The van der Waals surface area contributed by atoms with Gasteiger partial charge in [-0.1, -0.05) is 33.3 Å². The van der Waals surface area contributed by atoms with Gasteiger partial charge in [0.25, 0.3) is 11.5 Å². The van der Waals surface area contributed by atoms with Crippen molar-refractivity contribution in [2.75, 3.05) is 0 Å². The number of nitrogens with zero attached hydrogens (tertiary/aromatic N) is 3. The molecule has 194 valence electrons. The van der Waals surface area contributed by atoms with Gasteiger partial charge in [0.15, 0.2) is 0 Å². The third kappa shape index (κ3) is 5.49. The Kier molecular flexibility index (Phi) is 7.32. The van der Waals surface area contributed by atoms with Crippen LogP contribution in [0.3, 0.4) is 0 Å². The Morgan fingerprint density at radius 3 is 2.54 bits per heavy atom. The SMILES string of the molecule is CCCc1cc(C)[nH]c(=O)c1CNC(=O)c1cc(-c2ccc(C(C)(C)O)nc2)cc2c(C(C)C)ncn12. The van der Waals surface area contributed by atoms with Crippen LogP contribution in [0.1, 0.15) is 85.7 Å². The standard InChI is InChI=1S/C29H35N5O3/c1-7-8-19-11-18(4)33-27(35)22(19)15-31-28(36)24-13-21(12-23-26(17(2)3)32-16-34(23)24)20-9-10-25(30-14-20)29(5,6)37/h9-14,16-17,37H,7-8,15H2,1-6H3,(H,31,36)(H,33,35). The van der Waals surface area contributed by atoms with E-state index in [0.717, 1.165) is 46.4 Å². The molecule has 4 heterocycles. The zero-order valence-corrected chi connectivity index (χ0v) is 22.3. The molecule has 0 aliphatic rings. The molecule has 0 aliphatic carbocycles. The lowest BCUT2D eigenvalue weighted by Gasteiger charge is -2.17. The summed E-state index contributed by atoms with van der Waals surface area (Å²) >= 11 is 0. The van der Waals surface area contributed by atoms with E-state index in [-0.39, 0.29) is 23.9 Å². The highest BCUT2D eigenvalue weighted by Gasteiger charge is 2.20. The molecule has 0 saturated carbocycles. The number of pyridine rings is 3. The number of carbonyl (C=O) groups is 1. The summed E-state index contributed by atoms with van der Waals surface area (Å²) in [5, 5.41) is 13.2. The average Bonchev–Trinajstić information content (AvgIpc) is 3.27. The monoisotopic (exact) mass is 501 g/mol. The summed E-state index contributed by atoms with van der Waals surface area (Å²) in [5.41, 5.74) is 5.45. The molecule has 0 bridgehead atoms. The van der Waals surface area contributed by atoms with Crippen molar-refractivity contribution in [3.05, 3.63) is 87.1 Å². The summed E-state index contributed by atoms with van der Waals surface area (Å²) in [4.78, 5) is 38.0. The number of nitrogens with one attached hydrogen (secondary N) is 2.